The summed E-state index contributed by atoms with van der Waals surface area (Å²) in [6.45, 7) is 2.12. The molecule has 0 saturated heterocycles. The Kier molecular flexibility index (Phi) is 4.86. The van der Waals surface area contributed by atoms with Gasteiger partial charge in [-0.25, -0.2) is 9.97 Å². The molecule has 1 heterocycles. The molecule has 1 amide bonds. The van der Waals surface area contributed by atoms with Crippen LogP contribution in [0, 0.1) is 17.8 Å². The van der Waals surface area contributed by atoms with Gasteiger partial charge >= 0.3 is 0 Å². The van der Waals surface area contributed by atoms with Crippen LogP contribution in [0.5, 0.6) is 0 Å². The summed E-state index contributed by atoms with van der Waals surface area (Å²) in [6.07, 6.45) is 7.56. The normalized spacial score (nSPS) is 34.7. The van der Waals surface area contributed by atoms with Crippen molar-refractivity contribution in [3.05, 3.63) is 11.8 Å². The highest BCUT2D eigenvalue weighted by molar-refractivity contribution is 7.99. The first-order valence-corrected chi connectivity index (χ1v) is 10.7. The lowest BCUT2D eigenvalue weighted by molar-refractivity contribution is -0.136. The molecule has 2 atom stereocenters. The maximum atomic E-state index is 12.9. The third-order valence-electron chi connectivity index (χ3n) is 6.22. The fraction of sp³-hybridized carbons (Fsp3) is 0.737. The van der Waals surface area contributed by atoms with E-state index >= 15 is 0 Å². The van der Waals surface area contributed by atoms with Gasteiger partial charge in [-0.3, -0.25) is 4.79 Å². The molecule has 142 valence electrons. The predicted octanol–water partition coefficient (Wildman–Crippen LogP) is 2.69. The minimum atomic E-state index is -0.477. The van der Waals surface area contributed by atoms with Crippen molar-refractivity contribution in [1.29, 1.82) is 0 Å². The molecule has 0 radical (unpaired) electrons. The Morgan fingerprint density at radius 1 is 1.35 bits per heavy atom. The van der Waals surface area contributed by atoms with Gasteiger partial charge in [0.25, 0.3) is 5.91 Å². The van der Waals surface area contributed by atoms with Gasteiger partial charge in [-0.2, -0.15) is 0 Å². The van der Waals surface area contributed by atoms with E-state index in [-0.39, 0.29) is 11.9 Å². The molecule has 2 unspecified atom stereocenters. The van der Waals surface area contributed by atoms with Crippen molar-refractivity contribution in [2.24, 2.45) is 17.8 Å². The third-order valence-corrected chi connectivity index (χ3v) is 7.29. The molecule has 0 spiro atoms. The Bertz CT molecular complexity index is 682. The number of nitrogens with zero attached hydrogens (tertiary/aromatic N) is 2. The highest BCUT2D eigenvalue weighted by Crippen LogP contribution is 2.55. The second-order valence-electron chi connectivity index (χ2n) is 8.21. The standard InChI is InChI=1S/C19H28N4O2S/c1-3-4-26-18-21-10-14(16(20-2)23-18)17(24)22-15-12-5-11-6-13(15)9-19(25,7-11)8-12/h10-13,15,25H,3-9H2,1-2H3,(H,22,24)(H,20,21,23). The van der Waals surface area contributed by atoms with Crippen LogP contribution in [0.3, 0.4) is 0 Å². The van der Waals surface area contributed by atoms with E-state index in [0.717, 1.165) is 44.3 Å². The van der Waals surface area contributed by atoms with E-state index in [2.05, 4.69) is 27.5 Å². The van der Waals surface area contributed by atoms with Crippen LogP contribution in [0.1, 0.15) is 55.8 Å². The molecule has 3 N–H and O–H groups in total. The molecule has 26 heavy (non-hydrogen) atoms. The predicted molar refractivity (Wildman–Crippen MR) is 102 cm³/mol. The number of thioether (sulfide) groups is 1. The monoisotopic (exact) mass is 376 g/mol. The molecule has 0 aliphatic heterocycles. The molecule has 4 aliphatic rings. The second kappa shape index (κ2) is 7.00. The number of amides is 1. The van der Waals surface area contributed by atoms with Crippen molar-refractivity contribution < 1.29 is 9.90 Å². The fourth-order valence-corrected chi connectivity index (χ4v) is 6.10. The zero-order valence-electron chi connectivity index (χ0n) is 15.5. The quantitative estimate of drug-likeness (QED) is 0.523. The highest BCUT2D eigenvalue weighted by atomic mass is 32.2. The van der Waals surface area contributed by atoms with Gasteiger partial charge in [0.1, 0.15) is 11.4 Å². The number of anilines is 1. The van der Waals surface area contributed by atoms with Crippen LogP contribution in [-0.2, 0) is 0 Å². The molecule has 4 aliphatic carbocycles. The van der Waals surface area contributed by atoms with Crippen molar-refractivity contribution in [3.63, 3.8) is 0 Å². The summed E-state index contributed by atoms with van der Waals surface area (Å²) in [7, 11) is 1.78. The summed E-state index contributed by atoms with van der Waals surface area (Å²) < 4.78 is 0. The molecule has 5 rings (SSSR count). The zero-order chi connectivity index (χ0) is 18.3. The van der Waals surface area contributed by atoms with Gasteiger partial charge in [0, 0.05) is 25.0 Å². The number of hydrogen-bond donors (Lipinski definition) is 3. The number of carbonyl (C=O) groups excluding carboxylic acids is 1. The molecular weight excluding hydrogens is 348 g/mol. The first-order valence-electron chi connectivity index (χ1n) is 9.72. The molecule has 0 aromatic carbocycles. The Balaban J connectivity index is 1.48. The molecule has 1 aromatic rings. The van der Waals surface area contributed by atoms with Gasteiger partial charge in [0.05, 0.1) is 5.60 Å². The van der Waals surface area contributed by atoms with Crippen LogP contribution in [0.4, 0.5) is 5.82 Å². The largest absolute Gasteiger partial charge is 0.390 e. The van der Waals surface area contributed by atoms with E-state index in [4.69, 9.17) is 0 Å². The summed E-state index contributed by atoms with van der Waals surface area (Å²) in [5, 5.41) is 17.7. The van der Waals surface area contributed by atoms with Crippen LogP contribution < -0.4 is 10.6 Å². The summed E-state index contributed by atoms with van der Waals surface area (Å²) in [5.74, 6) is 2.87. The first-order chi connectivity index (χ1) is 12.5. The van der Waals surface area contributed by atoms with Crippen molar-refractivity contribution in [2.45, 2.75) is 62.2 Å². The van der Waals surface area contributed by atoms with Gasteiger partial charge in [-0.15, -0.1) is 0 Å². The van der Waals surface area contributed by atoms with E-state index in [1.165, 1.54) is 0 Å². The van der Waals surface area contributed by atoms with Gasteiger partial charge in [0.2, 0.25) is 0 Å². The lowest BCUT2D eigenvalue weighted by atomic mass is 9.52. The number of aromatic nitrogens is 2. The van der Waals surface area contributed by atoms with Crippen LogP contribution in [0.2, 0.25) is 0 Å². The average Bonchev–Trinajstić information content (AvgIpc) is 2.61. The van der Waals surface area contributed by atoms with Crippen LogP contribution in [-0.4, -0.2) is 45.4 Å². The summed E-state index contributed by atoms with van der Waals surface area (Å²) in [4.78, 5) is 21.8. The molecule has 7 heteroatoms. The maximum Gasteiger partial charge on any atom is 0.256 e. The Morgan fingerprint density at radius 3 is 2.69 bits per heavy atom. The van der Waals surface area contributed by atoms with Crippen molar-refractivity contribution in [2.75, 3.05) is 18.1 Å². The van der Waals surface area contributed by atoms with Gasteiger partial charge in [-0.1, -0.05) is 18.7 Å². The minimum absolute atomic E-state index is 0.106. The van der Waals surface area contributed by atoms with E-state index in [9.17, 15) is 9.90 Å². The van der Waals surface area contributed by atoms with E-state index < -0.39 is 5.60 Å². The van der Waals surface area contributed by atoms with E-state index in [0.29, 0.717) is 34.3 Å². The molecular formula is C19H28N4O2S. The maximum absolute atomic E-state index is 12.9. The van der Waals surface area contributed by atoms with Gasteiger partial charge in [0.15, 0.2) is 5.16 Å². The molecule has 4 fully saturated rings. The van der Waals surface area contributed by atoms with Gasteiger partial charge in [-0.05, 0) is 56.3 Å². The molecule has 4 bridgehead atoms. The number of aliphatic hydroxyl groups is 1. The smallest absolute Gasteiger partial charge is 0.256 e. The SMILES string of the molecule is CCCSc1ncc(C(=O)NC2C3CC4CC2CC(O)(C4)C3)c(NC)n1. The van der Waals surface area contributed by atoms with E-state index in [1.807, 2.05) is 0 Å². The number of hydrogen-bond acceptors (Lipinski definition) is 6. The number of nitrogens with one attached hydrogen (secondary N) is 2. The molecule has 1 aromatic heterocycles. The first kappa shape index (κ1) is 18.0. The Hall–Kier alpha value is -1.34. The lowest BCUT2D eigenvalue weighted by Gasteiger charge is -2.58. The van der Waals surface area contributed by atoms with Crippen molar-refractivity contribution in [1.82, 2.24) is 15.3 Å². The summed E-state index contributed by atoms with van der Waals surface area (Å²) >= 11 is 1.60. The third kappa shape index (κ3) is 3.31. The van der Waals surface area contributed by atoms with E-state index in [1.54, 1.807) is 25.0 Å². The Morgan fingerprint density at radius 2 is 2.08 bits per heavy atom. The number of rotatable bonds is 6. The summed E-state index contributed by atoms with van der Waals surface area (Å²) in [5.41, 5.74) is 0.0237. The fourth-order valence-electron chi connectivity index (χ4n) is 5.43. The van der Waals surface area contributed by atoms with Crippen LogP contribution >= 0.6 is 11.8 Å². The van der Waals surface area contributed by atoms with Crippen molar-refractivity contribution >= 4 is 23.5 Å². The highest BCUT2D eigenvalue weighted by Gasteiger charge is 2.55. The van der Waals surface area contributed by atoms with Crippen LogP contribution in [0.15, 0.2) is 11.4 Å². The minimum Gasteiger partial charge on any atom is -0.390 e. The average molecular weight is 377 g/mol. The molecule has 4 saturated carbocycles. The topological polar surface area (TPSA) is 87.1 Å². The number of carbonyl (C=O) groups is 1. The zero-order valence-corrected chi connectivity index (χ0v) is 16.3. The lowest BCUT2D eigenvalue weighted by Crippen LogP contribution is -2.61. The van der Waals surface area contributed by atoms with Crippen molar-refractivity contribution in [3.8, 4) is 0 Å². The summed E-state index contributed by atoms with van der Waals surface area (Å²) in [6, 6.07) is 0.165. The second-order valence-corrected chi connectivity index (χ2v) is 9.27. The van der Waals surface area contributed by atoms with Gasteiger partial charge < -0.3 is 15.7 Å². The van der Waals surface area contributed by atoms with Crippen LogP contribution in [0.25, 0.3) is 0 Å². The molecule has 6 nitrogen and oxygen atoms in total. The Labute approximate surface area is 159 Å².